The molecule has 0 aliphatic heterocycles. The summed E-state index contributed by atoms with van der Waals surface area (Å²) in [6.07, 6.45) is 1.76. The number of rotatable bonds is 7. The zero-order valence-electron chi connectivity index (χ0n) is 11.3. The Hall–Kier alpha value is -0.0800. The van der Waals surface area contributed by atoms with Crippen LogP contribution < -0.4 is 5.32 Å². The summed E-state index contributed by atoms with van der Waals surface area (Å²) >= 11 is 0. The lowest BCUT2D eigenvalue weighted by molar-refractivity contribution is -0.000228. The third kappa shape index (κ3) is 7.80. The Kier molecular flexibility index (Phi) is 6.46. The van der Waals surface area contributed by atoms with Crippen molar-refractivity contribution in [1.29, 1.82) is 0 Å². The average molecular weight is 215 g/mol. The molecule has 92 valence electrons. The molecule has 0 aliphatic carbocycles. The van der Waals surface area contributed by atoms with E-state index in [9.17, 15) is 5.11 Å². The van der Waals surface area contributed by atoms with Crippen LogP contribution in [0.25, 0.3) is 0 Å². The van der Waals surface area contributed by atoms with Crippen molar-refractivity contribution in [2.24, 2.45) is 11.8 Å². The predicted molar refractivity (Wildman–Crippen MR) is 67.0 cm³/mol. The quantitative estimate of drug-likeness (QED) is 0.684. The predicted octanol–water partition coefficient (Wildman–Crippen LogP) is 2.81. The maximum absolute atomic E-state index is 10.5. The molecule has 0 aromatic rings. The summed E-state index contributed by atoms with van der Waals surface area (Å²) in [7, 11) is 0. The van der Waals surface area contributed by atoms with Crippen molar-refractivity contribution in [3.8, 4) is 0 Å². The number of hydrogen-bond acceptors (Lipinski definition) is 2. The highest BCUT2D eigenvalue weighted by Crippen LogP contribution is 2.24. The van der Waals surface area contributed by atoms with E-state index in [0.29, 0.717) is 24.4 Å². The third-order valence-corrected chi connectivity index (χ3v) is 2.42. The van der Waals surface area contributed by atoms with Crippen molar-refractivity contribution in [2.45, 2.75) is 66.0 Å². The van der Waals surface area contributed by atoms with Crippen LogP contribution in [0.5, 0.6) is 0 Å². The van der Waals surface area contributed by atoms with Crippen LogP contribution in [0.15, 0.2) is 0 Å². The van der Waals surface area contributed by atoms with Crippen LogP contribution >= 0.6 is 0 Å². The lowest BCUT2D eigenvalue weighted by atomic mass is 9.85. The number of hydrogen-bond donors (Lipinski definition) is 2. The van der Waals surface area contributed by atoms with Gasteiger partial charge in [0.05, 0.1) is 5.60 Å². The van der Waals surface area contributed by atoms with Gasteiger partial charge in [-0.3, -0.25) is 0 Å². The molecule has 2 heteroatoms. The Morgan fingerprint density at radius 2 is 1.33 bits per heavy atom. The molecule has 0 radical (unpaired) electrons. The Labute approximate surface area is 95.5 Å². The minimum absolute atomic E-state index is 0.441. The second-order valence-electron chi connectivity index (χ2n) is 5.96. The van der Waals surface area contributed by atoms with Crippen molar-refractivity contribution in [3.05, 3.63) is 0 Å². The first-order chi connectivity index (χ1) is 6.75. The van der Waals surface area contributed by atoms with Crippen molar-refractivity contribution in [3.63, 3.8) is 0 Å². The van der Waals surface area contributed by atoms with Crippen molar-refractivity contribution >= 4 is 0 Å². The second kappa shape index (κ2) is 6.49. The molecule has 0 bridgehead atoms. The van der Waals surface area contributed by atoms with E-state index in [1.165, 1.54) is 0 Å². The first kappa shape index (κ1) is 14.9. The summed E-state index contributed by atoms with van der Waals surface area (Å²) < 4.78 is 0. The van der Waals surface area contributed by atoms with E-state index < -0.39 is 5.60 Å². The molecule has 0 fully saturated rings. The Morgan fingerprint density at radius 3 is 1.60 bits per heavy atom. The molecule has 0 amide bonds. The molecule has 15 heavy (non-hydrogen) atoms. The fourth-order valence-corrected chi connectivity index (χ4v) is 2.14. The summed E-state index contributed by atoms with van der Waals surface area (Å²) in [5.41, 5.74) is -0.535. The van der Waals surface area contributed by atoms with Crippen LogP contribution in [0.4, 0.5) is 0 Å². The average Bonchev–Trinajstić information content (AvgIpc) is 1.97. The molecule has 0 aliphatic rings. The van der Waals surface area contributed by atoms with Crippen LogP contribution in [-0.4, -0.2) is 23.3 Å². The maximum Gasteiger partial charge on any atom is 0.0776 e. The first-order valence-corrected chi connectivity index (χ1v) is 6.21. The SMILES string of the molecule is CC(C)CC(O)(CNC(C)C)CC(C)C. The van der Waals surface area contributed by atoms with Gasteiger partial charge in [0.1, 0.15) is 0 Å². The van der Waals surface area contributed by atoms with Crippen molar-refractivity contribution in [1.82, 2.24) is 5.32 Å². The molecule has 0 saturated heterocycles. The highest BCUT2D eigenvalue weighted by Gasteiger charge is 2.28. The zero-order chi connectivity index (χ0) is 12.1. The van der Waals surface area contributed by atoms with Gasteiger partial charge in [0, 0.05) is 12.6 Å². The van der Waals surface area contributed by atoms with Gasteiger partial charge in [-0.15, -0.1) is 0 Å². The Morgan fingerprint density at radius 1 is 0.933 bits per heavy atom. The van der Waals surface area contributed by atoms with Gasteiger partial charge in [0.2, 0.25) is 0 Å². The highest BCUT2D eigenvalue weighted by molar-refractivity contribution is 4.84. The maximum atomic E-state index is 10.5. The zero-order valence-corrected chi connectivity index (χ0v) is 11.3. The summed E-state index contributed by atoms with van der Waals surface area (Å²) in [5.74, 6) is 1.09. The second-order valence-corrected chi connectivity index (χ2v) is 5.96. The highest BCUT2D eigenvalue weighted by atomic mass is 16.3. The summed E-state index contributed by atoms with van der Waals surface area (Å²) in [4.78, 5) is 0. The van der Waals surface area contributed by atoms with Crippen LogP contribution in [0.1, 0.15) is 54.4 Å². The van der Waals surface area contributed by atoms with Crippen molar-refractivity contribution < 1.29 is 5.11 Å². The van der Waals surface area contributed by atoms with E-state index in [-0.39, 0.29) is 0 Å². The van der Waals surface area contributed by atoms with Gasteiger partial charge in [-0.05, 0) is 24.7 Å². The molecule has 0 aromatic heterocycles. The number of nitrogens with one attached hydrogen (secondary N) is 1. The molecule has 0 atom stereocenters. The van der Waals surface area contributed by atoms with E-state index in [0.717, 1.165) is 12.8 Å². The summed E-state index contributed by atoms with van der Waals surface area (Å²) in [6.45, 7) is 13.6. The summed E-state index contributed by atoms with van der Waals surface area (Å²) in [5, 5.41) is 13.9. The van der Waals surface area contributed by atoms with E-state index in [2.05, 4.69) is 46.9 Å². The normalized spacial score (nSPS) is 13.2. The van der Waals surface area contributed by atoms with Crippen LogP contribution in [-0.2, 0) is 0 Å². The van der Waals surface area contributed by atoms with Gasteiger partial charge in [0.15, 0.2) is 0 Å². The fourth-order valence-electron chi connectivity index (χ4n) is 2.14. The van der Waals surface area contributed by atoms with Gasteiger partial charge >= 0.3 is 0 Å². The first-order valence-electron chi connectivity index (χ1n) is 6.21. The molecule has 0 heterocycles. The molecule has 0 unspecified atom stereocenters. The smallest absolute Gasteiger partial charge is 0.0776 e. The minimum atomic E-state index is -0.535. The molecule has 0 saturated carbocycles. The van der Waals surface area contributed by atoms with Gasteiger partial charge in [0.25, 0.3) is 0 Å². The van der Waals surface area contributed by atoms with Gasteiger partial charge in [-0.1, -0.05) is 41.5 Å². The molecule has 2 nitrogen and oxygen atoms in total. The van der Waals surface area contributed by atoms with Crippen molar-refractivity contribution in [2.75, 3.05) is 6.54 Å². The molecule has 0 rings (SSSR count). The lowest BCUT2D eigenvalue weighted by Gasteiger charge is -2.32. The van der Waals surface area contributed by atoms with E-state index >= 15 is 0 Å². The Bertz CT molecular complexity index is 154. The monoisotopic (exact) mass is 215 g/mol. The van der Waals surface area contributed by atoms with E-state index in [4.69, 9.17) is 0 Å². The lowest BCUT2D eigenvalue weighted by Crippen LogP contribution is -2.44. The molecular weight excluding hydrogens is 186 g/mol. The van der Waals surface area contributed by atoms with Gasteiger partial charge in [-0.2, -0.15) is 0 Å². The topological polar surface area (TPSA) is 32.3 Å². The van der Waals surface area contributed by atoms with Crippen LogP contribution in [0.3, 0.4) is 0 Å². The van der Waals surface area contributed by atoms with Gasteiger partial charge in [-0.25, -0.2) is 0 Å². The summed E-state index contributed by atoms with van der Waals surface area (Å²) in [6, 6.07) is 0.441. The largest absolute Gasteiger partial charge is 0.389 e. The molecule has 0 spiro atoms. The van der Waals surface area contributed by atoms with E-state index in [1.54, 1.807) is 0 Å². The molecular formula is C13H29NO. The number of aliphatic hydroxyl groups is 1. The fraction of sp³-hybridized carbons (Fsp3) is 1.00. The van der Waals surface area contributed by atoms with Gasteiger partial charge < -0.3 is 10.4 Å². The molecule has 0 aromatic carbocycles. The van der Waals surface area contributed by atoms with Crippen LogP contribution in [0.2, 0.25) is 0 Å². The molecule has 2 N–H and O–H groups in total. The third-order valence-electron chi connectivity index (χ3n) is 2.42. The van der Waals surface area contributed by atoms with E-state index in [1.807, 2.05) is 0 Å². The minimum Gasteiger partial charge on any atom is -0.389 e. The standard InChI is InChI=1S/C13H29NO/c1-10(2)7-13(15,8-11(3)4)9-14-12(5)6/h10-12,14-15H,7-9H2,1-6H3. The Balaban J connectivity index is 4.26. The van der Waals surface area contributed by atoms with Crippen LogP contribution in [0, 0.1) is 11.8 Å².